The number of nitrogens with one attached hydrogen (secondary N) is 1. The predicted molar refractivity (Wildman–Crippen MR) is 68.4 cm³/mol. The lowest BCUT2D eigenvalue weighted by atomic mass is 10.2. The monoisotopic (exact) mass is 307 g/mol. The number of aromatic nitrogens is 2. The molecule has 0 bridgehead atoms. The van der Waals surface area contributed by atoms with Gasteiger partial charge in [0.1, 0.15) is 11.0 Å². The molecule has 0 unspecified atom stereocenters. The third kappa shape index (κ3) is 3.81. The van der Waals surface area contributed by atoms with E-state index in [1.807, 2.05) is 6.92 Å². The van der Waals surface area contributed by atoms with Gasteiger partial charge in [0.2, 0.25) is 0 Å². The molecule has 8 heteroatoms. The van der Waals surface area contributed by atoms with Gasteiger partial charge in [-0.25, -0.2) is 9.97 Å². The molecule has 0 saturated carbocycles. The van der Waals surface area contributed by atoms with Crippen LogP contribution in [0.3, 0.4) is 0 Å². The first-order valence-corrected chi connectivity index (χ1v) is 6.44. The molecule has 102 valence electrons. The van der Waals surface area contributed by atoms with Crippen molar-refractivity contribution in [1.29, 1.82) is 0 Å². The van der Waals surface area contributed by atoms with Gasteiger partial charge < -0.3 is 5.32 Å². The van der Waals surface area contributed by atoms with E-state index < -0.39 is 11.7 Å². The van der Waals surface area contributed by atoms with E-state index in [9.17, 15) is 13.2 Å². The van der Waals surface area contributed by atoms with Crippen molar-refractivity contribution in [2.24, 2.45) is 0 Å². The van der Waals surface area contributed by atoms with Crippen LogP contribution in [0.5, 0.6) is 0 Å². The number of pyridine rings is 1. The van der Waals surface area contributed by atoms with Gasteiger partial charge in [-0.15, -0.1) is 11.3 Å². The molecule has 0 aromatic carbocycles. The van der Waals surface area contributed by atoms with Crippen molar-refractivity contribution in [3.8, 4) is 0 Å². The van der Waals surface area contributed by atoms with Crippen LogP contribution in [0.25, 0.3) is 0 Å². The molecule has 1 N–H and O–H groups in total. The van der Waals surface area contributed by atoms with Crippen molar-refractivity contribution in [1.82, 2.24) is 9.97 Å². The number of halogens is 4. The molecule has 0 saturated heterocycles. The summed E-state index contributed by atoms with van der Waals surface area (Å²) in [6.07, 6.45) is -2.77. The van der Waals surface area contributed by atoms with Gasteiger partial charge in [-0.1, -0.05) is 11.6 Å². The lowest BCUT2D eigenvalue weighted by Gasteiger charge is -2.10. The Morgan fingerprint density at radius 2 is 2.11 bits per heavy atom. The maximum atomic E-state index is 12.6. The number of aryl methyl sites for hydroxylation is 1. The van der Waals surface area contributed by atoms with Gasteiger partial charge in [-0.3, -0.25) is 0 Å². The van der Waals surface area contributed by atoms with Crippen LogP contribution in [0.1, 0.15) is 15.4 Å². The van der Waals surface area contributed by atoms with E-state index >= 15 is 0 Å². The van der Waals surface area contributed by atoms with Crippen LogP contribution in [0.15, 0.2) is 18.3 Å². The van der Waals surface area contributed by atoms with Crippen LogP contribution in [0, 0.1) is 6.92 Å². The Bertz CT molecular complexity index is 583. The van der Waals surface area contributed by atoms with E-state index in [1.54, 1.807) is 6.20 Å². The molecule has 3 nitrogen and oxygen atoms in total. The fourth-order valence-corrected chi connectivity index (χ4v) is 2.36. The molecule has 19 heavy (non-hydrogen) atoms. The molecule has 0 aliphatic heterocycles. The lowest BCUT2D eigenvalue weighted by molar-refractivity contribution is -0.137. The van der Waals surface area contributed by atoms with Crippen LogP contribution >= 0.6 is 22.9 Å². The maximum Gasteiger partial charge on any atom is 0.416 e. The van der Waals surface area contributed by atoms with Gasteiger partial charge in [0.15, 0.2) is 0 Å². The number of hydrogen-bond acceptors (Lipinski definition) is 4. The number of thiazole rings is 1. The Morgan fingerprint density at radius 3 is 2.68 bits per heavy atom. The Labute approximate surface area is 116 Å². The Balaban J connectivity index is 2.14. The second kappa shape index (κ2) is 5.34. The minimum absolute atomic E-state index is 0.0888. The summed E-state index contributed by atoms with van der Waals surface area (Å²) in [7, 11) is 0. The molecule has 0 spiro atoms. The average Bonchev–Trinajstić information content (AvgIpc) is 2.71. The predicted octanol–water partition coefficient (Wildman–Crippen LogP) is 4.13. The van der Waals surface area contributed by atoms with Crippen molar-refractivity contribution in [2.75, 3.05) is 5.32 Å². The minimum Gasteiger partial charge on any atom is -0.365 e. The SMILES string of the molecule is Cc1ncc(CNc2cc(C(F)(F)F)cc(Cl)n2)s1. The highest BCUT2D eigenvalue weighted by Gasteiger charge is 2.31. The molecule has 0 amide bonds. The first kappa shape index (κ1) is 14.1. The molecule has 2 heterocycles. The van der Waals surface area contributed by atoms with Crippen molar-refractivity contribution < 1.29 is 13.2 Å². The topological polar surface area (TPSA) is 37.8 Å². The summed E-state index contributed by atoms with van der Waals surface area (Å²) in [4.78, 5) is 8.77. The number of rotatable bonds is 3. The molecule has 0 aliphatic carbocycles. The molecule has 0 atom stereocenters. The third-order valence-corrected chi connectivity index (χ3v) is 3.34. The van der Waals surface area contributed by atoms with E-state index in [2.05, 4.69) is 15.3 Å². The van der Waals surface area contributed by atoms with Gasteiger partial charge in [0.25, 0.3) is 0 Å². The summed E-state index contributed by atoms with van der Waals surface area (Å²) in [6.45, 7) is 2.21. The standard InChI is InChI=1S/C11H9ClF3N3S/c1-6-16-4-8(19-6)5-17-10-3-7(11(13,14)15)2-9(12)18-10/h2-4H,5H2,1H3,(H,17,18). The van der Waals surface area contributed by atoms with Crippen molar-refractivity contribution in [2.45, 2.75) is 19.6 Å². The van der Waals surface area contributed by atoms with E-state index in [-0.39, 0.29) is 11.0 Å². The summed E-state index contributed by atoms with van der Waals surface area (Å²) in [6, 6.07) is 1.73. The second-order valence-electron chi connectivity index (χ2n) is 3.76. The maximum absolute atomic E-state index is 12.6. The summed E-state index contributed by atoms with van der Waals surface area (Å²) in [5.74, 6) is 0.0888. The molecular weight excluding hydrogens is 299 g/mol. The number of nitrogens with zero attached hydrogens (tertiary/aromatic N) is 2. The highest BCUT2D eigenvalue weighted by atomic mass is 35.5. The molecule has 2 aromatic rings. The fourth-order valence-electron chi connectivity index (χ4n) is 1.42. The van der Waals surface area contributed by atoms with Gasteiger partial charge in [-0.2, -0.15) is 13.2 Å². The highest BCUT2D eigenvalue weighted by Crippen LogP contribution is 2.32. The summed E-state index contributed by atoms with van der Waals surface area (Å²) in [5, 5.41) is 3.50. The molecule has 2 rings (SSSR count). The van der Waals surface area contributed by atoms with Crippen molar-refractivity contribution in [3.63, 3.8) is 0 Å². The van der Waals surface area contributed by atoms with Gasteiger partial charge >= 0.3 is 6.18 Å². The summed E-state index contributed by atoms with van der Waals surface area (Å²) >= 11 is 7.05. The van der Waals surface area contributed by atoms with Crippen LogP contribution in [-0.2, 0) is 12.7 Å². The van der Waals surface area contributed by atoms with E-state index in [0.29, 0.717) is 6.54 Å². The zero-order chi connectivity index (χ0) is 14.0. The van der Waals surface area contributed by atoms with Gasteiger partial charge in [0, 0.05) is 11.1 Å². The molecule has 2 aromatic heterocycles. The fraction of sp³-hybridized carbons (Fsp3) is 0.273. The normalized spacial score (nSPS) is 11.6. The number of anilines is 1. The summed E-state index contributed by atoms with van der Waals surface area (Å²) in [5.41, 5.74) is -0.824. The van der Waals surface area contributed by atoms with Crippen molar-refractivity contribution >= 4 is 28.8 Å². The summed E-state index contributed by atoms with van der Waals surface area (Å²) < 4.78 is 37.8. The van der Waals surface area contributed by atoms with Crippen LogP contribution < -0.4 is 5.32 Å². The zero-order valence-electron chi connectivity index (χ0n) is 9.75. The van der Waals surface area contributed by atoms with Gasteiger partial charge in [0.05, 0.1) is 17.1 Å². The van der Waals surface area contributed by atoms with Crippen LogP contribution in [-0.4, -0.2) is 9.97 Å². The highest BCUT2D eigenvalue weighted by molar-refractivity contribution is 7.11. The molecule has 0 aliphatic rings. The van der Waals surface area contributed by atoms with E-state index in [4.69, 9.17) is 11.6 Å². The third-order valence-electron chi connectivity index (χ3n) is 2.23. The minimum atomic E-state index is -4.44. The molecular formula is C11H9ClF3N3S. The molecule has 0 radical (unpaired) electrons. The van der Waals surface area contributed by atoms with E-state index in [1.165, 1.54) is 11.3 Å². The van der Waals surface area contributed by atoms with E-state index in [0.717, 1.165) is 22.0 Å². The van der Waals surface area contributed by atoms with Gasteiger partial charge in [-0.05, 0) is 19.1 Å². The zero-order valence-corrected chi connectivity index (χ0v) is 11.3. The Kier molecular flexibility index (Phi) is 3.96. The van der Waals surface area contributed by atoms with Crippen LogP contribution in [0.4, 0.5) is 19.0 Å². The smallest absolute Gasteiger partial charge is 0.365 e. The Hall–Kier alpha value is -1.34. The first-order valence-electron chi connectivity index (χ1n) is 5.24. The number of hydrogen-bond donors (Lipinski definition) is 1. The lowest BCUT2D eigenvalue weighted by Crippen LogP contribution is -2.08. The Morgan fingerprint density at radius 1 is 1.37 bits per heavy atom. The van der Waals surface area contributed by atoms with Crippen molar-refractivity contribution in [3.05, 3.63) is 38.9 Å². The largest absolute Gasteiger partial charge is 0.416 e. The first-order chi connectivity index (χ1) is 8.84. The quantitative estimate of drug-likeness (QED) is 0.866. The second-order valence-corrected chi connectivity index (χ2v) is 5.47. The average molecular weight is 308 g/mol. The molecule has 0 fully saturated rings. The van der Waals surface area contributed by atoms with Crippen LogP contribution in [0.2, 0.25) is 5.15 Å². The number of alkyl halides is 3.